The van der Waals surface area contributed by atoms with Gasteiger partial charge in [-0.2, -0.15) is 0 Å². The molecule has 20 heavy (non-hydrogen) atoms. The van der Waals surface area contributed by atoms with Crippen LogP contribution < -0.4 is 10.2 Å². The zero-order chi connectivity index (χ0) is 14.3. The van der Waals surface area contributed by atoms with E-state index in [0.717, 1.165) is 17.4 Å². The third-order valence-corrected chi connectivity index (χ3v) is 7.07. The second-order valence-electron chi connectivity index (χ2n) is 5.83. The van der Waals surface area contributed by atoms with Gasteiger partial charge in [-0.25, -0.2) is 13.4 Å². The van der Waals surface area contributed by atoms with Crippen molar-refractivity contribution in [1.82, 2.24) is 10.3 Å². The van der Waals surface area contributed by atoms with Gasteiger partial charge in [0.05, 0.1) is 17.2 Å². The predicted molar refractivity (Wildman–Crippen MR) is 82.2 cm³/mol. The quantitative estimate of drug-likeness (QED) is 0.888. The van der Waals surface area contributed by atoms with Gasteiger partial charge >= 0.3 is 0 Å². The molecule has 0 radical (unpaired) electrons. The zero-order valence-corrected chi connectivity index (χ0v) is 13.6. The molecule has 1 aliphatic carbocycles. The molecule has 1 saturated carbocycles. The molecule has 1 saturated heterocycles. The third kappa shape index (κ3) is 3.15. The number of thiazole rings is 1. The first-order chi connectivity index (χ1) is 9.44. The van der Waals surface area contributed by atoms with Gasteiger partial charge in [-0.3, -0.25) is 0 Å². The van der Waals surface area contributed by atoms with Crippen LogP contribution in [0.1, 0.15) is 29.8 Å². The predicted octanol–water partition coefficient (Wildman–Crippen LogP) is 1.33. The first-order valence-corrected chi connectivity index (χ1v) is 9.71. The van der Waals surface area contributed by atoms with Gasteiger partial charge in [0, 0.05) is 30.6 Å². The Hall–Kier alpha value is -0.660. The average molecular weight is 315 g/mol. The van der Waals surface area contributed by atoms with E-state index in [1.165, 1.54) is 17.7 Å². The summed E-state index contributed by atoms with van der Waals surface area (Å²) in [5.41, 5.74) is 1.06. The summed E-state index contributed by atoms with van der Waals surface area (Å²) in [7, 11) is -0.882. The minimum Gasteiger partial charge on any atom is -0.347 e. The maximum absolute atomic E-state index is 11.6. The smallest absolute Gasteiger partial charge is 0.185 e. The average Bonchev–Trinajstić information content (AvgIpc) is 3.05. The molecule has 1 aromatic heterocycles. The molecule has 0 spiro atoms. The lowest BCUT2D eigenvalue weighted by Crippen LogP contribution is -2.32. The highest BCUT2D eigenvalue weighted by Gasteiger charge is 2.32. The van der Waals surface area contributed by atoms with Crippen molar-refractivity contribution in [2.75, 3.05) is 23.5 Å². The second-order valence-corrected chi connectivity index (χ2v) is 9.12. The Kier molecular flexibility index (Phi) is 3.77. The van der Waals surface area contributed by atoms with Crippen molar-refractivity contribution >= 4 is 26.3 Å². The number of anilines is 1. The molecule has 2 fully saturated rings. The van der Waals surface area contributed by atoms with Gasteiger partial charge in [0.1, 0.15) is 0 Å². The lowest BCUT2D eigenvalue weighted by atomic mass is 10.2. The van der Waals surface area contributed by atoms with Gasteiger partial charge in [-0.1, -0.05) is 0 Å². The van der Waals surface area contributed by atoms with E-state index in [1.807, 2.05) is 18.9 Å². The molecular formula is C13H21N3O2S2. The summed E-state index contributed by atoms with van der Waals surface area (Å²) in [6, 6.07) is 0.771. The van der Waals surface area contributed by atoms with Gasteiger partial charge < -0.3 is 10.2 Å². The Morgan fingerprint density at radius 1 is 1.40 bits per heavy atom. The lowest BCUT2D eigenvalue weighted by molar-refractivity contribution is 0.601. The van der Waals surface area contributed by atoms with E-state index < -0.39 is 9.84 Å². The van der Waals surface area contributed by atoms with Crippen LogP contribution >= 0.6 is 11.3 Å². The molecule has 0 aromatic carbocycles. The van der Waals surface area contributed by atoms with Gasteiger partial charge in [-0.05, 0) is 26.2 Å². The number of hydrogen-bond acceptors (Lipinski definition) is 6. The molecule has 1 aliphatic heterocycles. The highest BCUT2D eigenvalue weighted by atomic mass is 32.2. The number of aryl methyl sites for hydroxylation is 1. The van der Waals surface area contributed by atoms with Crippen molar-refractivity contribution in [3.05, 3.63) is 10.6 Å². The van der Waals surface area contributed by atoms with Crippen LogP contribution in [-0.2, 0) is 16.4 Å². The van der Waals surface area contributed by atoms with Gasteiger partial charge in [0.25, 0.3) is 0 Å². The minimum atomic E-state index is -2.84. The SMILES string of the molecule is Cc1nc(N(C)C2CCS(=O)(=O)C2)sc1CNC1CC1. The lowest BCUT2D eigenvalue weighted by Gasteiger charge is -2.22. The fourth-order valence-corrected chi connectivity index (χ4v) is 5.31. The van der Waals surface area contributed by atoms with E-state index in [9.17, 15) is 8.42 Å². The summed E-state index contributed by atoms with van der Waals surface area (Å²) >= 11 is 1.68. The van der Waals surface area contributed by atoms with Gasteiger partial charge in [0.15, 0.2) is 15.0 Å². The maximum atomic E-state index is 11.6. The first-order valence-electron chi connectivity index (χ1n) is 7.07. The molecular weight excluding hydrogens is 294 g/mol. The Morgan fingerprint density at radius 2 is 2.15 bits per heavy atom. The molecule has 0 bridgehead atoms. The molecule has 2 heterocycles. The van der Waals surface area contributed by atoms with E-state index in [1.54, 1.807) is 11.3 Å². The van der Waals surface area contributed by atoms with Crippen LogP contribution in [0.2, 0.25) is 0 Å². The van der Waals surface area contributed by atoms with Crippen molar-refractivity contribution in [3.63, 3.8) is 0 Å². The van der Waals surface area contributed by atoms with Crippen molar-refractivity contribution in [3.8, 4) is 0 Å². The molecule has 1 aromatic rings. The van der Waals surface area contributed by atoms with E-state index in [2.05, 4.69) is 10.3 Å². The maximum Gasteiger partial charge on any atom is 0.185 e. The summed E-state index contributed by atoms with van der Waals surface area (Å²) in [5.74, 6) is 0.570. The summed E-state index contributed by atoms with van der Waals surface area (Å²) < 4.78 is 23.2. The number of aromatic nitrogens is 1. The molecule has 7 heteroatoms. The highest BCUT2D eigenvalue weighted by Crippen LogP contribution is 2.30. The Balaban J connectivity index is 1.68. The Bertz CT molecular complexity index is 593. The van der Waals surface area contributed by atoms with E-state index in [-0.39, 0.29) is 11.8 Å². The summed E-state index contributed by atoms with van der Waals surface area (Å²) in [6.07, 6.45) is 3.28. The molecule has 3 rings (SSSR count). The third-order valence-electron chi connectivity index (χ3n) is 4.07. The number of nitrogens with zero attached hydrogens (tertiary/aromatic N) is 2. The van der Waals surface area contributed by atoms with Crippen molar-refractivity contribution in [2.45, 2.75) is 44.8 Å². The van der Waals surface area contributed by atoms with E-state index in [0.29, 0.717) is 18.2 Å². The van der Waals surface area contributed by atoms with Crippen molar-refractivity contribution in [2.24, 2.45) is 0 Å². The number of sulfone groups is 1. The molecule has 2 aliphatic rings. The number of hydrogen-bond donors (Lipinski definition) is 1. The molecule has 112 valence electrons. The van der Waals surface area contributed by atoms with Crippen molar-refractivity contribution < 1.29 is 8.42 Å². The topological polar surface area (TPSA) is 62.3 Å². The molecule has 1 atom stereocenters. The number of nitrogens with one attached hydrogen (secondary N) is 1. The Labute approximate surface area is 124 Å². The molecule has 1 N–H and O–H groups in total. The largest absolute Gasteiger partial charge is 0.347 e. The van der Waals surface area contributed by atoms with E-state index >= 15 is 0 Å². The van der Waals surface area contributed by atoms with Crippen LogP contribution in [0.15, 0.2) is 0 Å². The fourth-order valence-electron chi connectivity index (χ4n) is 2.49. The first kappa shape index (κ1) is 14.3. The van der Waals surface area contributed by atoms with Gasteiger partial charge in [-0.15, -0.1) is 11.3 Å². The van der Waals surface area contributed by atoms with Crippen LogP contribution in [0.25, 0.3) is 0 Å². The van der Waals surface area contributed by atoms with Crippen LogP contribution in [0.3, 0.4) is 0 Å². The summed E-state index contributed by atoms with van der Waals surface area (Å²) in [6.45, 7) is 2.91. The normalized spacial score (nSPS) is 25.0. The fraction of sp³-hybridized carbons (Fsp3) is 0.769. The molecule has 5 nitrogen and oxygen atoms in total. The van der Waals surface area contributed by atoms with Crippen LogP contribution in [0.4, 0.5) is 5.13 Å². The van der Waals surface area contributed by atoms with Crippen LogP contribution in [0.5, 0.6) is 0 Å². The van der Waals surface area contributed by atoms with Gasteiger partial charge in [0.2, 0.25) is 0 Å². The monoisotopic (exact) mass is 315 g/mol. The summed E-state index contributed by atoms with van der Waals surface area (Å²) in [4.78, 5) is 7.92. The second kappa shape index (κ2) is 5.27. The zero-order valence-electron chi connectivity index (χ0n) is 11.9. The summed E-state index contributed by atoms with van der Waals surface area (Å²) in [5, 5.41) is 4.45. The van der Waals surface area contributed by atoms with Crippen LogP contribution in [-0.4, -0.2) is 44.0 Å². The van der Waals surface area contributed by atoms with E-state index in [4.69, 9.17) is 0 Å². The highest BCUT2D eigenvalue weighted by molar-refractivity contribution is 7.91. The van der Waals surface area contributed by atoms with Crippen molar-refractivity contribution in [1.29, 1.82) is 0 Å². The van der Waals surface area contributed by atoms with Crippen LogP contribution in [0, 0.1) is 6.92 Å². The number of rotatable bonds is 5. The minimum absolute atomic E-state index is 0.0785. The standard InChI is InChI=1S/C13H21N3O2S2/c1-9-12(7-14-10-3-4-10)19-13(15-9)16(2)11-5-6-20(17,18)8-11/h10-11,14H,3-8H2,1-2H3. The molecule has 1 unspecified atom stereocenters. The Morgan fingerprint density at radius 3 is 2.75 bits per heavy atom. The molecule has 0 amide bonds.